The molecular formula is C14H21N3O2. The molecule has 0 heterocycles. The Kier molecular flexibility index (Phi) is 5.06. The first-order chi connectivity index (χ1) is 8.90. The largest absolute Gasteiger partial charge is 0.352 e. The van der Waals surface area contributed by atoms with E-state index in [2.05, 4.69) is 10.6 Å². The highest BCUT2D eigenvalue weighted by molar-refractivity contribution is 6.00. The maximum atomic E-state index is 11.9. The number of hydrogen-bond donors (Lipinski definition) is 3. The van der Waals surface area contributed by atoms with E-state index >= 15 is 0 Å². The van der Waals surface area contributed by atoms with Gasteiger partial charge in [0.05, 0.1) is 5.54 Å². The van der Waals surface area contributed by atoms with E-state index in [0.717, 1.165) is 0 Å². The van der Waals surface area contributed by atoms with E-state index in [0.29, 0.717) is 24.2 Å². The summed E-state index contributed by atoms with van der Waals surface area (Å²) in [7, 11) is 0. The Balaban J connectivity index is 2.83. The lowest BCUT2D eigenvalue weighted by atomic mass is 9.99. The monoisotopic (exact) mass is 263 g/mol. The van der Waals surface area contributed by atoms with Crippen molar-refractivity contribution in [2.75, 3.05) is 11.9 Å². The molecule has 0 bridgehead atoms. The predicted octanol–water partition coefficient (Wildman–Crippen LogP) is 1.50. The van der Waals surface area contributed by atoms with Crippen LogP contribution < -0.4 is 16.4 Å². The third-order valence-electron chi connectivity index (χ3n) is 2.97. The van der Waals surface area contributed by atoms with Gasteiger partial charge in [0.2, 0.25) is 5.91 Å². The maximum absolute atomic E-state index is 11.9. The number of rotatable bonds is 5. The van der Waals surface area contributed by atoms with Crippen molar-refractivity contribution in [3.8, 4) is 0 Å². The number of nitrogens with two attached hydrogens (primary N) is 1. The molecule has 2 amide bonds. The van der Waals surface area contributed by atoms with Crippen molar-refractivity contribution in [2.24, 2.45) is 5.73 Å². The molecule has 0 radical (unpaired) electrons. The second-order valence-electron chi connectivity index (χ2n) is 4.67. The van der Waals surface area contributed by atoms with Gasteiger partial charge >= 0.3 is 0 Å². The summed E-state index contributed by atoms with van der Waals surface area (Å²) in [5, 5.41) is 5.43. The van der Waals surface area contributed by atoms with Crippen molar-refractivity contribution >= 4 is 17.5 Å². The van der Waals surface area contributed by atoms with Crippen LogP contribution >= 0.6 is 0 Å². The van der Waals surface area contributed by atoms with E-state index in [1.54, 1.807) is 31.2 Å². The van der Waals surface area contributed by atoms with Gasteiger partial charge in [-0.2, -0.15) is 0 Å². The maximum Gasteiger partial charge on any atom is 0.251 e. The SMILES string of the molecule is CCNC(=O)c1cccc(NC(=O)C(C)(N)CC)c1. The molecule has 0 aromatic heterocycles. The van der Waals surface area contributed by atoms with Crippen LogP contribution in [0.15, 0.2) is 24.3 Å². The normalized spacial score (nSPS) is 13.5. The Morgan fingerprint density at radius 1 is 1.32 bits per heavy atom. The van der Waals surface area contributed by atoms with Gasteiger partial charge in [-0.05, 0) is 38.5 Å². The van der Waals surface area contributed by atoms with Gasteiger partial charge in [-0.1, -0.05) is 13.0 Å². The fraction of sp³-hybridized carbons (Fsp3) is 0.429. The summed E-state index contributed by atoms with van der Waals surface area (Å²) < 4.78 is 0. The van der Waals surface area contributed by atoms with Crippen molar-refractivity contribution in [3.63, 3.8) is 0 Å². The van der Waals surface area contributed by atoms with Crippen molar-refractivity contribution < 1.29 is 9.59 Å². The smallest absolute Gasteiger partial charge is 0.251 e. The first-order valence-electron chi connectivity index (χ1n) is 6.39. The Hall–Kier alpha value is -1.88. The van der Waals surface area contributed by atoms with Gasteiger partial charge in [0.25, 0.3) is 5.91 Å². The summed E-state index contributed by atoms with van der Waals surface area (Å²) in [6.45, 7) is 5.94. The standard InChI is InChI=1S/C14H21N3O2/c1-4-14(3,15)13(19)17-11-8-6-7-10(9-11)12(18)16-5-2/h6-9H,4-5,15H2,1-3H3,(H,16,18)(H,17,19). The van der Waals surface area contributed by atoms with E-state index in [1.807, 2.05) is 13.8 Å². The summed E-state index contributed by atoms with van der Waals surface area (Å²) in [5.41, 5.74) is 6.02. The van der Waals surface area contributed by atoms with Crippen LogP contribution in [0.5, 0.6) is 0 Å². The Morgan fingerprint density at radius 3 is 2.58 bits per heavy atom. The fourth-order valence-corrected chi connectivity index (χ4v) is 1.44. The van der Waals surface area contributed by atoms with Crippen molar-refractivity contribution in [1.29, 1.82) is 0 Å². The van der Waals surface area contributed by atoms with Crippen LogP contribution in [0, 0.1) is 0 Å². The number of hydrogen-bond acceptors (Lipinski definition) is 3. The summed E-state index contributed by atoms with van der Waals surface area (Å²) in [6.07, 6.45) is 0.537. The quantitative estimate of drug-likeness (QED) is 0.752. The lowest BCUT2D eigenvalue weighted by molar-refractivity contribution is -0.120. The number of carbonyl (C=O) groups excluding carboxylic acids is 2. The summed E-state index contributed by atoms with van der Waals surface area (Å²) in [5.74, 6) is -0.423. The number of anilines is 1. The molecule has 19 heavy (non-hydrogen) atoms. The zero-order valence-electron chi connectivity index (χ0n) is 11.6. The second-order valence-corrected chi connectivity index (χ2v) is 4.67. The lowest BCUT2D eigenvalue weighted by Gasteiger charge is -2.21. The second kappa shape index (κ2) is 6.33. The van der Waals surface area contributed by atoms with Crippen molar-refractivity contribution in [1.82, 2.24) is 5.32 Å². The fourth-order valence-electron chi connectivity index (χ4n) is 1.44. The number of nitrogens with one attached hydrogen (secondary N) is 2. The lowest BCUT2D eigenvalue weighted by Crippen LogP contribution is -2.47. The first kappa shape index (κ1) is 15.2. The Morgan fingerprint density at radius 2 is 2.00 bits per heavy atom. The molecule has 0 spiro atoms. The van der Waals surface area contributed by atoms with Gasteiger partial charge in [-0.25, -0.2) is 0 Å². The highest BCUT2D eigenvalue weighted by Gasteiger charge is 2.25. The van der Waals surface area contributed by atoms with Gasteiger partial charge < -0.3 is 16.4 Å². The van der Waals surface area contributed by atoms with Crippen LogP contribution in [-0.2, 0) is 4.79 Å². The zero-order chi connectivity index (χ0) is 14.5. The van der Waals surface area contributed by atoms with E-state index in [4.69, 9.17) is 5.73 Å². The number of carbonyl (C=O) groups is 2. The van der Waals surface area contributed by atoms with Crippen LogP contribution in [-0.4, -0.2) is 23.9 Å². The molecule has 5 nitrogen and oxygen atoms in total. The minimum absolute atomic E-state index is 0.162. The Labute approximate surface area is 113 Å². The molecule has 1 atom stereocenters. The molecule has 4 N–H and O–H groups in total. The molecule has 1 unspecified atom stereocenters. The van der Waals surface area contributed by atoms with Crippen molar-refractivity contribution in [2.45, 2.75) is 32.7 Å². The van der Waals surface area contributed by atoms with Crippen LogP contribution in [0.4, 0.5) is 5.69 Å². The predicted molar refractivity (Wildman–Crippen MR) is 76.0 cm³/mol. The van der Waals surface area contributed by atoms with E-state index < -0.39 is 5.54 Å². The average molecular weight is 263 g/mol. The molecule has 5 heteroatoms. The summed E-state index contributed by atoms with van der Waals surface area (Å²) in [6, 6.07) is 6.78. The molecular weight excluding hydrogens is 242 g/mol. The van der Waals surface area contributed by atoms with Crippen LogP contribution in [0.2, 0.25) is 0 Å². The summed E-state index contributed by atoms with van der Waals surface area (Å²) >= 11 is 0. The van der Waals surface area contributed by atoms with Crippen LogP contribution in [0.1, 0.15) is 37.6 Å². The minimum atomic E-state index is -0.915. The van der Waals surface area contributed by atoms with Gasteiger partial charge in [0, 0.05) is 17.8 Å². The third-order valence-corrected chi connectivity index (χ3v) is 2.97. The van der Waals surface area contributed by atoms with E-state index in [9.17, 15) is 9.59 Å². The molecule has 1 aromatic carbocycles. The van der Waals surface area contributed by atoms with Crippen LogP contribution in [0.25, 0.3) is 0 Å². The molecule has 0 aliphatic heterocycles. The molecule has 1 rings (SSSR count). The molecule has 104 valence electrons. The van der Waals surface area contributed by atoms with Gasteiger partial charge in [-0.15, -0.1) is 0 Å². The topological polar surface area (TPSA) is 84.2 Å². The molecule has 0 saturated heterocycles. The minimum Gasteiger partial charge on any atom is -0.352 e. The first-order valence-corrected chi connectivity index (χ1v) is 6.39. The average Bonchev–Trinajstić information content (AvgIpc) is 2.39. The molecule has 0 saturated carbocycles. The highest BCUT2D eigenvalue weighted by atomic mass is 16.2. The number of amides is 2. The van der Waals surface area contributed by atoms with Gasteiger partial charge in [-0.3, -0.25) is 9.59 Å². The molecule has 0 fully saturated rings. The van der Waals surface area contributed by atoms with E-state index in [-0.39, 0.29) is 11.8 Å². The zero-order valence-corrected chi connectivity index (χ0v) is 11.6. The molecule has 0 aliphatic carbocycles. The van der Waals surface area contributed by atoms with E-state index in [1.165, 1.54) is 0 Å². The van der Waals surface area contributed by atoms with Gasteiger partial charge in [0.1, 0.15) is 0 Å². The molecule has 0 aliphatic rings. The van der Waals surface area contributed by atoms with Gasteiger partial charge in [0.15, 0.2) is 0 Å². The Bertz CT molecular complexity index is 470. The van der Waals surface area contributed by atoms with Crippen LogP contribution in [0.3, 0.4) is 0 Å². The summed E-state index contributed by atoms with van der Waals surface area (Å²) in [4.78, 5) is 23.6. The third kappa shape index (κ3) is 4.06. The van der Waals surface area contributed by atoms with Crippen molar-refractivity contribution in [3.05, 3.63) is 29.8 Å². The molecule has 1 aromatic rings. The number of benzene rings is 1. The highest BCUT2D eigenvalue weighted by Crippen LogP contribution is 2.14.